The number of anilines is 1. The fourth-order valence-corrected chi connectivity index (χ4v) is 1.96. The summed E-state index contributed by atoms with van der Waals surface area (Å²) in [5.74, 6) is 1.13. The van der Waals surface area contributed by atoms with Crippen molar-refractivity contribution in [2.45, 2.75) is 13.8 Å². The Bertz CT molecular complexity index is 638. The van der Waals surface area contributed by atoms with Crippen LogP contribution in [0.5, 0.6) is 11.5 Å². The number of hydrogen-bond acceptors (Lipinski definition) is 3. The number of hydrogen-bond donors (Lipinski definition) is 1. The van der Waals surface area contributed by atoms with E-state index >= 15 is 0 Å². The van der Waals surface area contributed by atoms with Crippen LogP contribution in [0, 0.1) is 13.8 Å². The Morgan fingerprint density at radius 3 is 2.52 bits per heavy atom. The van der Waals surface area contributed by atoms with E-state index in [4.69, 9.17) is 9.47 Å². The van der Waals surface area contributed by atoms with Gasteiger partial charge in [-0.05, 0) is 43.2 Å². The molecular weight excluding hydrogens is 266 g/mol. The van der Waals surface area contributed by atoms with Crippen molar-refractivity contribution in [1.82, 2.24) is 0 Å². The molecule has 0 aliphatic heterocycles. The Morgan fingerprint density at radius 1 is 1.05 bits per heavy atom. The molecule has 4 nitrogen and oxygen atoms in total. The van der Waals surface area contributed by atoms with Gasteiger partial charge in [-0.2, -0.15) is 0 Å². The molecule has 0 aliphatic carbocycles. The van der Waals surface area contributed by atoms with Gasteiger partial charge in [0.15, 0.2) is 6.61 Å². The van der Waals surface area contributed by atoms with E-state index in [9.17, 15) is 4.79 Å². The molecule has 0 aromatic heterocycles. The molecule has 2 aromatic rings. The molecule has 0 atom stereocenters. The van der Waals surface area contributed by atoms with Gasteiger partial charge >= 0.3 is 0 Å². The number of benzene rings is 2. The van der Waals surface area contributed by atoms with Gasteiger partial charge in [0.25, 0.3) is 5.91 Å². The Morgan fingerprint density at radius 2 is 1.76 bits per heavy atom. The van der Waals surface area contributed by atoms with Crippen LogP contribution in [0.3, 0.4) is 0 Å². The molecule has 0 unspecified atom stereocenters. The molecule has 0 saturated carbocycles. The fourth-order valence-electron chi connectivity index (χ4n) is 1.96. The van der Waals surface area contributed by atoms with Gasteiger partial charge in [0.2, 0.25) is 0 Å². The third-order valence-electron chi connectivity index (χ3n) is 3.29. The Balaban J connectivity index is 1.98. The standard InChI is InChI=1S/C17H19NO3/c1-12-7-6-10-15(13(12)2)21-11-17(19)18-14-8-4-5-9-16(14)20-3/h4-10H,11H2,1-3H3,(H,18,19). The maximum Gasteiger partial charge on any atom is 0.262 e. The third-order valence-corrected chi connectivity index (χ3v) is 3.29. The van der Waals surface area contributed by atoms with Crippen LogP contribution >= 0.6 is 0 Å². The van der Waals surface area contributed by atoms with Crippen molar-refractivity contribution < 1.29 is 14.3 Å². The molecule has 0 aliphatic rings. The maximum atomic E-state index is 12.0. The predicted octanol–water partition coefficient (Wildman–Crippen LogP) is 3.33. The largest absolute Gasteiger partial charge is 0.495 e. The quantitative estimate of drug-likeness (QED) is 0.916. The molecule has 0 fully saturated rings. The van der Waals surface area contributed by atoms with Gasteiger partial charge < -0.3 is 14.8 Å². The normalized spacial score (nSPS) is 10.0. The summed E-state index contributed by atoms with van der Waals surface area (Å²) in [5, 5.41) is 2.78. The lowest BCUT2D eigenvalue weighted by atomic mass is 10.1. The summed E-state index contributed by atoms with van der Waals surface area (Å²) in [6.07, 6.45) is 0. The van der Waals surface area contributed by atoms with E-state index in [0.717, 1.165) is 16.9 Å². The number of ether oxygens (including phenoxy) is 2. The summed E-state index contributed by atoms with van der Waals surface area (Å²) in [6, 6.07) is 13.0. The van der Waals surface area contributed by atoms with E-state index < -0.39 is 0 Å². The minimum atomic E-state index is -0.222. The summed E-state index contributed by atoms with van der Waals surface area (Å²) < 4.78 is 10.8. The van der Waals surface area contributed by atoms with Gasteiger partial charge in [0.1, 0.15) is 11.5 Å². The zero-order valence-corrected chi connectivity index (χ0v) is 12.5. The Kier molecular flexibility index (Phi) is 4.82. The first-order valence-corrected chi connectivity index (χ1v) is 6.73. The zero-order valence-electron chi connectivity index (χ0n) is 12.5. The first-order chi connectivity index (χ1) is 10.1. The SMILES string of the molecule is COc1ccccc1NC(=O)COc1cccc(C)c1C. The van der Waals surface area contributed by atoms with Crippen molar-refractivity contribution in [3.05, 3.63) is 53.6 Å². The summed E-state index contributed by atoms with van der Waals surface area (Å²) in [5.41, 5.74) is 2.81. The molecule has 2 rings (SSSR count). The van der Waals surface area contributed by atoms with Crippen molar-refractivity contribution in [1.29, 1.82) is 0 Å². The number of carbonyl (C=O) groups is 1. The van der Waals surface area contributed by atoms with Crippen LogP contribution in [-0.2, 0) is 4.79 Å². The van der Waals surface area contributed by atoms with Crippen LogP contribution < -0.4 is 14.8 Å². The highest BCUT2D eigenvalue weighted by atomic mass is 16.5. The second-order valence-electron chi connectivity index (χ2n) is 4.74. The van der Waals surface area contributed by atoms with Gasteiger partial charge in [-0.15, -0.1) is 0 Å². The number of nitrogens with one attached hydrogen (secondary N) is 1. The number of para-hydroxylation sites is 2. The predicted molar refractivity (Wildman–Crippen MR) is 83.0 cm³/mol. The van der Waals surface area contributed by atoms with Crippen molar-refractivity contribution in [3.8, 4) is 11.5 Å². The van der Waals surface area contributed by atoms with Crippen LogP contribution in [0.1, 0.15) is 11.1 Å². The monoisotopic (exact) mass is 285 g/mol. The summed E-state index contributed by atoms with van der Waals surface area (Å²) >= 11 is 0. The van der Waals surface area contributed by atoms with Gasteiger partial charge in [0.05, 0.1) is 12.8 Å². The molecule has 0 heterocycles. The Labute approximate surface area is 124 Å². The second kappa shape index (κ2) is 6.79. The number of carbonyl (C=O) groups excluding carboxylic acids is 1. The van der Waals surface area contributed by atoms with E-state index in [1.165, 1.54) is 0 Å². The van der Waals surface area contributed by atoms with Crippen LogP contribution in [0.2, 0.25) is 0 Å². The highest BCUT2D eigenvalue weighted by molar-refractivity contribution is 5.93. The van der Waals surface area contributed by atoms with E-state index in [1.54, 1.807) is 19.2 Å². The average Bonchev–Trinajstić information content (AvgIpc) is 2.49. The minimum absolute atomic E-state index is 0.0393. The lowest BCUT2D eigenvalue weighted by Crippen LogP contribution is -2.20. The van der Waals surface area contributed by atoms with Gasteiger partial charge in [0, 0.05) is 0 Å². The molecule has 4 heteroatoms. The molecule has 1 N–H and O–H groups in total. The molecule has 21 heavy (non-hydrogen) atoms. The molecule has 2 aromatic carbocycles. The van der Waals surface area contributed by atoms with Crippen LogP contribution in [-0.4, -0.2) is 19.6 Å². The fraction of sp³-hybridized carbons (Fsp3) is 0.235. The minimum Gasteiger partial charge on any atom is -0.495 e. The molecule has 0 saturated heterocycles. The lowest BCUT2D eigenvalue weighted by molar-refractivity contribution is -0.118. The average molecular weight is 285 g/mol. The summed E-state index contributed by atoms with van der Waals surface area (Å²) in [4.78, 5) is 12.0. The maximum absolute atomic E-state index is 12.0. The third kappa shape index (κ3) is 3.75. The molecule has 0 spiro atoms. The molecule has 0 bridgehead atoms. The van der Waals surface area contributed by atoms with Crippen molar-refractivity contribution in [2.24, 2.45) is 0 Å². The van der Waals surface area contributed by atoms with Gasteiger partial charge in [-0.25, -0.2) is 0 Å². The molecule has 1 amide bonds. The van der Waals surface area contributed by atoms with E-state index in [0.29, 0.717) is 11.4 Å². The second-order valence-corrected chi connectivity index (χ2v) is 4.74. The summed E-state index contributed by atoms with van der Waals surface area (Å²) in [6.45, 7) is 3.95. The van der Waals surface area contributed by atoms with Gasteiger partial charge in [-0.1, -0.05) is 24.3 Å². The zero-order chi connectivity index (χ0) is 15.2. The van der Waals surface area contributed by atoms with Gasteiger partial charge in [-0.3, -0.25) is 4.79 Å². The molecule has 0 radical (unpaired) electrons. The highest BCUT2D eigenvalue weighted by Gasteiger charge is 2.09. The first-order valence-electron chi connectivity index (χ1n) is 6.73. The topological polar surface area (TPSA) is 47.6 Å². The smallest absolute Gasteiger partial charge is 0.262 e. The Hall–Kier alpha value is -2.49. The van der Waals surface area contributed by atoms with Crippen molar-refractivity contribution >= 4 is 11.6 Å². The van der Waals surface area contributed by atoms with Crippen LogP contribution in [0.15, 0.2) is 42.5 Å². The number of methoxy groups -OCH3 is 1. The van der Waals surface area contributed by atoms with E-state index in [2.05, 4.69) is 5.32 Å². The van der Waals surface area contributed by atoms with Crippen molar-refractivity contribution in [3.63, 3.8) is 0 Å². The number of amides is 1. The number of aryl methyl sites for hydroxylation is 1. The first kappa shape index (κ1) is 14.9. The highest BCUT2D eigenvalue weighted by Crippen LogP contribution is 2.23. The lowest BCUT2D eigenvalue weighted by Gasteiger charge is -2.12. The van der Waals surface area contributed by atoms with Crippen LogP contribution in [0.4, 0.5) is 5.69 Å². The van der Waals surface area contributed by atoms with E-state index in [1.807, 2.05) is 44.2 Å². The molecular formula is C17H19NO3. The summed E-state index contributed by atoms with van der Waals surface area (Å²) in [7, 11) is 1.57. The van der Waals surface area contributed by atoms with Crippen LogP contribution in [0.25, 0.3) is 0 Å². The molecule has 110 valence electrons. The van der Waals surface area contributed by atoms with E-state index in [-0.39, 0.29) is 12.5 Å². The van der Waals surface area contributed by atoms with Crippen molar-refractivity contribution in [2.75, 3.05) is 19.0 Å². The number of rotatable bonds is 5.